The zero-order chi connectivity index (χ0) is 14.0. The Morgan fingerprint density at radius 3 is 2.79 bits per heavy atom. The molecule has 6 nitrogen and oxygen atoms in total. The molecular weight excluding hydrogens is 316 g/mol. The van der Waals surface area contributed by atoms with Crippen LogP contribution in [-0.2, 0) is 9.53 Å². The second-order valence-corrected chi connectivity index (χ2v) is 5.27. The first kappa shape index (κ1) is 14.0. The molecule has 0 radical (unpaired) electrons. The quantitative estimate of drug-likeness (QED) is 0.773. The molecule has 2 rings (SSSR count). The van der Waals surface area contributed by atoms with E-state index in [4.69, 9.17) is 15.6 Å². The molecule has 1 aliphatic heterocycles. The maximum Gasteiger partial charge on any atom is 0.336 e. The summed E-state index contributed by atoms with van der Waals surface area (Å²) in [4.78, 5) is 23.0. The van der Waals surface area contributed by atoms with Gasteiger partial charge in [-0.15, -0.1) is 0 Å². The Bertz CT molecular complexity index is 526. The summed E-state index contributed by atoms with van der Waals surface area (Å²) in [5.41, 5.74) is 5.34. The Hall–Kier alpha value is -1.44. The van der Waals surface area contributed by atoms with Gasteiger partial charge in [0.2, 0.25) is 5.91 Å². The van der Waals surface area contributed by atoms with Gasteiger partial charge in [-0.1, -0.05) is 0 Å². The van der Waals surface area contributed by atoms with Crippen LogP contribution in [0.5, 0.6) is 0 Å². The number of hydrogen-bond donors (Lipinski definition) is 3. The van der Waals surface area contributed by atoms with Gasteiger partial charge in [-0.05, 0) is 40.5 Å². The summed E-state index contributed by atoms with van der Waals surface area (Å²) in [7, 11) is 0. The number of nitrogens with one attached hydrogen (secondary N) is 1. The Balaban J connectivity index is 2.17. The Kier molecular flexibility index (Phi) is 3.88. The van der Waals surface area contributed by atoms with E-state index >= 15 is 0 Å². The minimum absolute atomic E-state index is 0.0755. The van der Waals surface area contributed by atoms with Crippen LogP contribution in [0.15, 0.2) is 22.7 Å². The third-order valence-corrected chi connectivity index (χ3v) is 3.65. The number of benzene rings is 1. The number of ether oxygens (including phenoxy) is 1. The number of carboxylic acids is 1. The highest BCUT2D eigenvalue weighted by atomic mass is 79.9. The summed E-state index contributed by atoms with van der Waals surface area (Å²) in [6.45, 7) is 0.617. The first-order valence-corrected chi connectivity index (χ1v) is 6.43. The SMILES string of the molecule is NC1(C(=O)Nc2ccc(Br)c(C(=O)O)c2)CCOC1. The van der Waals surface area contributed by atoms with Gasteiger partial charge in [0.25, 0.3) is 0 Å². The van der Waals surface area contributed by atoms with Crippen LogP contribution < -0.4 is 11.1 Å². The number of carbonyl (C=O) groups is 2. The van der Waals surface area contributed by atoms with E-state index in [1.54, 1.807) is 12.1 Å². The lowest BCUT2D eigenvalue weighted by molar-refractivity contribution is -0.121. The van der Waals surface area contributed by atoms with Crippen molar-refractivity contribution in [2.75, 3.05) is 18.5 Å². The molecule has 1 amide bonds. The van der Waals surface area contributed by atoms with Crippen molar-refractivity contribution in [1.82, 2.24) is 0 Å². The number of hydrogen-bond acceptors (Lipinski definition) is 4. The number of carboxylic acid groups (broad SMARTS) is 1. The molecule has 0 spiro atoms. The third-order valence-electron chi connectivity index (χ3n) is 2.96. The van der Waals surface area contributed by atoms with Crippen molar-refractivity contribution >= 4 is 33.5 Å². The molecule has 1 aromatic carbocycles. The molecule has 19 heavy (non-hydrogen) atoms. The lowest BCUT2D eigenvalue weighted by atomic mass is 9.99. The number of aromatic carboxylic acids is 1. The van der Waals surface area contributed by atoms with Crippen LogP contribution in [0.25, 0.3) is 0 Å². The number of carbonyl (C=O) groups excluding carboxylic acids is 1. The van der Waals surface area contributed by atoms with Crippen LogP contribution in [0, 0.1) is 0 Å². The van der Waals surface area contributed by atoms with Crippen molar-refractivity contribution in [3.05, 3.63) is 28.2 Å². The van der Waals surface area contributed by atoms with E-state index in [1.165, 1.54) is 6.07 Å². The summed E-state index contributed by atoms with van der Waals surface area (Å²) in [6, 6.07) is 4.55. The van der Waals surface area contributed by atoms with E-state index in [0.717, 1.165) is 0 Å². The van der Waals surface area contributed by atoms with Crippen molar-refractivity contribution < 1.29 is 19.4 Å². The number of anilines is 1. The minimum atomic E-state index is -1.07. The molecule has 1 aromatic rings. The number of amides is 1. The van der Waals surface area contributed by atoms with Gasteiger partial charge in [-0.25, -0.2) is 4.79 Å². The number of halogens is 1. The highest BCUT2D eigenvalue weighted by molar-refractivity contribution is 9.10. The second kappa shape index (κ2) is 5.28. The fourth-order valence-corrected chi connectivity index (χ4v) is 2.20. The van der Waals surface area contributed by atoms with E-state index in [1.807, 2.05) is 0 Å². The van der Waals surface area contributed by atoms with Crippen LogP contribution in [-0.4, -0.2) is 35.7 Å². The van der Waals surface area contributed by atoms with Gasteiger partial charge in [0.1, 0.15) is 5.54 Å². The van der Waals surface area contributed by atoms with Gasteiger partial charge in [-0.3, -0.25) is 4.79 Å². The molecule has 0 saturated carbocycles. The van der Waals surface area contributed by atoms with Crippen molar-refractivity contribution in [2.45, 2.75) is 12.0 Å². The number of nitrogens with two attached hydrogens (primary N) is 1. The molecule has 1 heterocycles. The molecule has 0 aromatic heterocycles. The van der Waals surface area contributed by atoms with Gasteiger partial charge >= 0.3 is 5.97 Å². The Morgan fingerprint density at radius 2 is 2.21 bits per heavy atom. The van der Waals surface area contributed by atoms with Gasteiger partial charge < -0.3 is 20.9 Å². The summed E-state index contributed by atoms with van der Waals surface area (Å²) >= 11 is 3.14. The molecule has 4 N–H and O–H groups in total. The van der Waals surface area contributed by atoms with Gasteiger partial charge in [0.15, 0.2) is 0 Å². The molecule has 1 fully saturated rings. The molecular formula is C12H13BrN2O4. The van der Waals surface area contributed by atoms with Crippen molar-refractivity contribution in [3.8, 4) is 0 Å². The standard InChI is InChI=1S/C12H13BrN2O4/c13-9-2-1-7(5-8(9)10(16)17)15-11(18)12(14)3-4-19-6-12/h1-2,5H,3-4,6,14H2,(H,15,18)(H,16,17). The Morgan fingerprint density at radius 1 is 1.47 bits per heavy atom. The third kappa shape index (κ3) is 2.94. The highest BCUT2D eigenvalue weighted by Gasteiger charge is 2.38. The molecule has 1 saturated heterocycles. The summed E-state index contributed by atoms with van der Waals surface area (Å²) in [6.07, 6.45) is 0.446. The summed E-state index contributed by atoms with van der Waals surface area (Å²) < 4.78 is 5.56. The van der Waals surface area contributed by atoms with Gasteiger partial charge in [-0.2, -0.15) is 0 Å². The average molecular weight is 329 g/mol. The average Bonchev–Trinajstić information content (AvgIpc) is 2.79. The van der Waals surface area contributed by atoms with E-state index in [2.05, 4.69) is 21.2 Å². The van der Waals surface area contributed by atoms with E-state index in [0.29, 0.717) is 23.2 Å². The molecule has 0 aliphatic carbocycles. The van der Waals surface area contributed by atoms with Crippen LogP contribution in [0.3, 0.4) is 0 Å². The zero-order valence-corrected chi connectivity index (χ0v) is 11.6. The van der Waals surface area contributed by atoms with E-state index < -0.39 is 11.5 Å². The first-order valence-electron chi connectivity index (χ1n) is 5.63. The molecule has 7 heteroatoms. The van der Waals surface area contributed by atoms with Crippen molar-refractivity contribution in [2.24, 2.45) is 5.73 Å². The maximum atomic E-state index is 12.0. The van der Waals surface area contributed by atoms with Crippen LogP contribution >= 0.6 is 15.9 Å². The lowest BCUT2D eigenvalue weighted by Crippen LogP contribution is -2.51. The van der Waals surface area contributed by atoms with Crippen molar-refractivity contribution in [3.63, 3.8) is 0 Å². The predicted octanol–water partition coefficient (Wildman–Crippen LogP) is 1.20. The Labute approximate surface area is 118 Å². The number of rotatable bonds is 3. The van der Waals surface area contributed by atoms with Crippen molar-refractivity contribution in [1.29, 1.82) is 0 Å². The van der Waals surface area contributed by atoms with Crippen LogP contribution in [0.2, 0.25) is 0 Å². The largest absolute Gasteiger partial charge is 0.478 e. The monoisotopic (exact) mass is 328 g/mol. The maximum absolute atomic E-state index is 12.0. The second-order valence-electron chi connectivity index (χ2n) is 4.41. The fourth-order valence-electron chi connectivity index (χ4n) is 1.78. The van der Waals surface area contributed by atoms with Crippen LogP contribution in [0.1, 0.15) is 16.8 Å². The van der Waals surface area contributed by atoms with Gasteiger partial charge in [0, 0.05) is 16.8 Å². The molecule has 0 bridgehead atoms. The highest BCUT2D eigenvalue weighted by Crippen LogP contribution is 2.23. The fraction of sp³-hybridized carbons (Fsp3) is 0.333. The molecule has 1 atom stereocenters. The van der Waals surface area contributed by atoms with E-state index in [9.17, 15) is 9.59 Å². The van der Waals surface area contributed by atoms with E-state index in [-0.39, 0.29) is 18.1 Å². The first-order chi connectivity index (χ1) is 8.92. The molecule has 1 aliphatic rings. The van der Waals surface area contributed by atoms with Crippen LogP contribution in [0.4, 0.5) is 5.69 Å². The smallest absolute Gasteiger partial charge is 0.336 e. The van der Waals surface area contributed by atoms with Gasteiger partial charge in [0.05, 0.1) is 12.2 Å². The summed E-state index contributed by atoms with van der Waals surface area (Å²) in [5, 5.41) is 11.6. The lowest BCUT2D eigenvalue weighted by Gasteiger charge is -2.20. The molecule has 1 unspecified atom stereocenters. The predicted molar refractivity (Wildman–Crippen MR) is 72.1 cm³/mol. The normalized spacial score (nSPS) is 22.2. The topological polar surface area (TPSA) is 102 Å². The molecule has 102 valence electrons. The summed E-state index contributed by atoms with van der Waals surface area (Å²) in [5.74, 6) is -1.45. The zero-order valence-electron chi connectivity index (χ0n) is 9.98. The minimum Gasteiger partial charge on any atom is -0.478 e.